The molecule has 2 atom stereocenters. The first kappa shape index (κ1) is 18.9. The van der Waals surface area contributed by atoms with E-state index in [2.05, 4.69) is 42.2 Å². The minimum Gasteiger partial charge on any atom is -0.376 e. The van der Waals surface area contributed by atoms with Crippen molar-refractivity contribution in [1.82, 2.24) is 35.0 Å². The van der Waals surface area contributed by atoms with Gasteiger partial charge in [-0.25, -0.2) is 4.68 Å². The summed E-state index contributed by atoms with van der Waals surface area (Å²) < 4.78 is 9.95. The highest BCUT2D eigenvalue weighted by Crippen LogP contribution is 2.39. The molecular formula is C22H28N8O. The van der Waals surface area contributed by atoms with Crippen LogP contribution in [0, 0.1) is 5.92 Å². The molecule has 0 spiro atoms. The molecule has 3 fully saturated rings. The molecule has 31 heavy (non-hydrogen) atoms. The number of ether oxygens (including phenoxy) is 1. The zero-order valence-corrected chi connectivity index (χ0v) is 17.7. The van der Waals surface area contributed by atoms with Gasteiger partial charge in [-0.15, -0.1) is 15.3 Å². The Labute approximate surface area is 181 Å². The Kier molecular flexibility index (Phi) is 4.90. The number of hydrogen-bond acceptors (Lipinski definition) is 7. The van der Waals surface area contributed by atoms with Crippen molar-refractivity contribution >= 4 is 5.95 Å². The van der Waals surface area contributed by atoms with E-state index < -0.39 is 0 Å². The average Bonchev–Trinajstić information content (AvgIpc) is 3.55. The summed E-state index contributed by atoms with van der Waals surface area (Å²) in [5.74, 6) is 2.74. The summed E-state index contributed by atoms with van der Waals surface area (Å²) in [5.41, 5.74) is 1.97. The van der Waals surface area contributed by atoms with Gasteiger partial charge in [0, 0.05) is 24.8 Å². The van der Waals surface area contributed by atoms with E-state index in [1.165, 1.54) is 32.1 Å². The van der Waals surface area contributed by atoms with E-state index >= 15 is 0 Å². The van der Waals surface area contributed by atoms with E-state index in [1.807, 2.05) is 12.1 Å². The second kappa shape index (κ2) is 8.03. The van der Waals surface area contributed by atoms with Crippen LogP contribution in [0.1, 0.15) is 44.9 Å². The van der Waals surface area contributed by atoms with Crippen LogP contribution in [0.15, 0.2) is 30.6 Å². The Morgan fingerprint density at radius 2 is 1.87 bits per heavy atom. The molecule has 1 aliphatic carbocycles. The maximum atomic E-state index is 5.99. The molecule has 1 aromatic carbocycles. The first-order valence-corrected chi connectivity index (χ1v) is 11.5. The maximum absolute atomic E-state index is 5.99. The lowest BCUT2D eigenvalue weighted by molar-refractivity contribution is 0.0974. The van der Waals surface area contributed by atoms with Crippen molar-refractivity contribution in [2.45, 2.75) is 63.6 Å². The molecule has 0 amide bonds. The van der Waals surface area contributed by atoms with Gasteiger partial charge in [0.1, 0.15) is 6.33 Å². The van der Waals surface area contributed by atoms with Crippen molar-refractivity contribution in [3.05, 3.63) is 30.6 Å². The highest BCUT2D eigenvalue weighted by atomic mass is 16.5. The van der Waals surface area contributed by atoms with Crippen molar-refractivity contribution < 1.29 is 4.74 Å². The predicted molar refractivity (Wildman–Crippen MR) is 115 cm³/mol. The van der Waals surface area contributed by atoms with Crippen LogP contribution >= 0.6 is 0 Å². The van der Waals surface area contributed by atoms with Crippen molar-refractivity contribution in [1.29, 1.82) is 0 Å². The summed E-state index contributed by atoms with van der Waals surface area (Å²) in [5, 5.41) is 20.8. The lowest BCUT2D eigenvalue weighted by Gasteiger charge is -2.37. The molecule has 2 saturated heterocycles. The van der Waals surface area contributed by atoms with Gasteiger partial charge in [-0.3, -0.25) is 4.57 Å². The highest BCUT2D eigenvalue weighted by Gasteiger charge is 2.37. The van der Waals surface area contributed by atoms with Gasteiger partial charge < -0.3 is 9.64 Å². The largest absolute Gasteiger partial charge is 0.376 e. The van der Waals surface area contributed by atoms with Gasteiger partial charge in [0.05, 0.1) is 18.3 Å². The molecule has 9 heteroatoms. The van der Waals surface area contributed by atoms with Gasteiger partial charge in [-0.1, -0.05) is 6.42 Å². The summed E-state index contributed by atoms with van der Waals surface area (Å²) in [6, 6.07) is 8.79. The standard InChI is InChI=1S/C22H28N8O/c1-4-16(5-1)20-7-2-12-28(20)22-25-24-21(29(22)14-19-6-3-13-31-19)17-8-10-18(11-9-17)30-15-23-26-27-30/h8-11,15-16,19-20H,1-7,12-14H2. The molecule has 2 aromatic heterocycles. The van der Waals surface area contributed by atoms with Crippen LogP contribution in [0.25, 0.3) is 17.1 Å². The Balaban J connectivity index is 1.34. The minimum atomic E-state index is 0.235. The lowest BCUT2D eigenvalue weighted by Crippen LogP contribution is -2.40. The quantitative estimate of drug-likeness (QED) is 0.606. The predicted octanol–water partition coefficient (Wildman–Crippen LogP) is 2.87. The fourth-order valence-electron chi connectivity index (χ4n) is 5.28. The summed E-state index contributed by atoms with van der Waals surface area (Å²) in [4.78, 5) is 2.53. The van der Waals surface area contributed by atoms with E-state index in [-0.39, 0.29) is 6.10 Å². The van der Waals surface area contributed by atoms with Gasteiger partial charge in [0.2, 0.25) is 5.95 Å². The molecule has 3 aromatic rings. The van der Waals surface area contributed by atoms with E-state index in [0.29, 0.717) is 6.04 Å². The monoisotopic (exact) mass is 420 g/mol. The Hall–Kier alpha value is -2.81. The SMILES string of the molecule is c1cc(-n2cnnn2)ccc1-c1nnc(N2CCCC2C2CCC2)n1CC1CCCO1. The number of benzene rings is 1. The van der Waals surface area contributed by atoms with E-state index in [4.69, 9.17) is 9.84 Å². The molecule has 2 aliphatic heterocycles. The molecule has 9 nitrogen and oxygen atoms in total. The number of anilines is 1. The van der Waals surface area contributed by atoms with Crippen LogP contribution in [-0.4, -0.2) is 60.3 Å². The molecule has 4 heterocycles. The smallest absolute Gasteiger partial charge is 0.227 e. The molecule has 2 unspecified atom stereocenters. The third-order valence-corrected chi connectivity index (χ3v) is 7.13. The zero-order valence-electron chi connectivity index (χ0n) is 17.7. The third-order valence-electron chi connectivity index (χ3n) is 7.13. The molecule has 0 bridgehead atoms. The van der Waals surface area contributed by atoms with Gasteiger partial charge in [-0.2, -0.15) is 0 Å². The van der Waals surface area contributed by atoms with Crippen LogP contribution in [0.2, 0.25) is 0 Å². The molecule has 1 saturated carbocycles. The fourth-order valence-corrected chi connectivity index (χ4v) is 5.28. The average molecular weight is 421 g/mol. The molecule has 3 aliphatic rings. The van der Waals surface area contributed by atoms with Crippen LogP contribution in [-0.2, 0) is 11.3 Å². The Morgan fingerprint density at radius 3 is 2.58 bits per heavy atom. The molecule has 162 valence electrons. The van der Waals surface area contributed by atoms with Crippen molar-refractivity contribution in [2.24, 2.45) is 5.92 Å². The molecule has 6 rings (SSSR count). The summed E-state index contributed by atoms with van der Waals surface area (Å²) >= 11 is 0. The van der Waals surface area contributed by atoms with Crippen molar-refractivity contribution in [3.63, 3.8) is 0 Å². The number of aromatic nitrogens is 7. The van der Waals surface area contributed by atoms with Gasteiger partial charge in [0.15, 0.2) is 5.82 Å². The number of tetrazole rings is 1. The lowest BCUT2D eigenvalue weighted by atomic mass is 9.79. The summed E-state index contributed by atoms with van der Waals surface area (Å²) in [6.07, 6.45) is 10.7. The Morgan fingerprint density at radius 1 is 0.968 bits per heavy atom. The maximum Gasteiger partial charge on any atom is 0.227 e. The van der Waals surface area contributed by atoms with E-state index in [9.17, 15) is 0 Å². The first-order chi connectivity index (χ1) is 15.4. The topological polar surface area (TPSA) is 86.8 Å². The van der Waals surface area contributed by atoms with E-state index in [0.717, 1.165) is 61.5 Å². The number of hydrogen-bond donors (Lipinski definition) is 0. The Bertz CT molecular complexity index is 1000. The second-order valence-electron chi connectivity index (χ2n) is 8.96. The van der Waals surface area contributed by atoms with Crippen molar-refractivity contribution in [3.8, 4) is 17.1 Å². The summed E-state index contributed by atoms with van der Waals surface area (Å²) in [7, 11) is 0. The normalized spacial score (nSPS) is 24.1. The van der Waals surface area contributed by atoms with Crippen LogP contribution in [0.5, 0.6) is 0 Å². The van der Waals surface area contributed by atoms with Crippen LogP contribution < -0.4 is 4.90 Å². The number of nitrogens with zero attached hydrogens (tertiary/aromatic N) is 8. The van der Waals surface area contributed by atoms with E-state index in [1.54, 1.807) is 11.0 Å². The van der Waals surface area contributed by atoms with Gasteiger partial charge in [-0.05, 0) is 79.1 Å². The minimum absolute atomic E-state index is 0.235. The first-order valence-electron chi connectivity index (χ1n) is 11.5. The highest BCUT2D eigenvalue weighted by molar-refractivity contribution is 5.60. The van der Waals surface area contributed by atoms with Crippen LogP contribution in [0.3, 0.4) is 0 Å². The molecular weight excluding hydrogens is 392 g/mol. The second-order valence-corrected chi connectivity index (χ2v) is 8.96. The molecule has 0 N–H and O–H groups in total. The zero-order chi connectivity index (χ0) is 20.6. The van der Waals surface area contributed by atoms with Gasteiger partial charge in [0.25, 0.3) is 0 Å². The third kappa shape index (κ3) is 3.50. The van der Waals surface area contributed by atoms with Crippen molar-refractivity contribution in [2.75, 3.05) is 18.1 Å². The summed E-state index contributed by atoms with van der Waals surface area (Å²) in [6.45, 7) is 2.73. The van der Waals surface area contributed by atoms with Gasteiger partial charge >= 0.3 is 0 Å². The fraction of sp³-hybridized carbons (Fsp3) is 0.591. The molecule has 0 radical (unpaired) electrons. The van der Waals surface area contributed by atoms with Crippen LogP contribution in [0.4, 0.5) is 5.95 Å². The number of rotatable bonds is 6.